The first-order valence-corrected chi connectivity index (χ1v) is 10.0. The zero-order valence-corrected chi connectivity index (χ0v) is 17.1. The minimum atomic E-state index is -1.69. The lowest BCUT2D eigenvalue weighted by molar-refractivity contribution is -0.277. The molecule has 2 aromatic rings. The van der Waals surface area contributed by atoms with Crippen molar-refractivity contribution in [3.8, 4) is 23.0 Å². The van der Waals surface area contributed by atoms with Crippen LogP contribution < -0.4 is 14.2 Å². The summed E-state index contributed by atoms with van der Waals surface area (Å²) < 4.78 is 22.1. The molecule has 4 rings (SSSR count). The predicted octanol–water partition coefficient (Wildman–Crippen LogP) is 0.286. The molecule has 0 amide bonds. The molecule has 10 heteroatoms. The third kappa shape index (κ3) is 3.87. The number of fused-ring (bicyclic) bond motifs is 1. The molecule has 2 aromatic carbocycles. The lowest BCUT2D eigenvalue weighted by Gasteiger charge is -2.39. The van der Waals surface area contributed by atoms with Gasteiger partial charge in [0.05, 0.1) is 20.1 Å². The van der Waals surface area contributed by atoms with Crippen molar-refractivity contribution in [2.24, 2.45) is 0 Å². The second-order valence-corrected chi connectivity index (χ2v) is 7.59. The summed E-state index contributed by atoms with van der Waals surface area (Å²) >= 11 is 0. The lowest BCUT2D eigenvalue weighted by Crippen LogP contribution is -2.60. The van der Waals surface area contributed by atoms with Crippen LogP contribution >= 0.6 is 0 Å². The zero-order valence-electron chi connectivity index (χ0n) is 17.1. The number of hydrogen-bond donors (Lipinski definition) is 5. The monoisotopic (exact) mass is 448 g/mol. The van der Waals surface area contributed by atoms with Crippen LogP contribution in [0.1, 0.15) is 28.4 Å². The summed E-state index contributed by atoms with van der Waals surface area (Å²) in [4.78, 5) is 12.9. The summed E-state index contributed by atoms with van der Waals surface area (Å²) in [6.07, 6.45) is -8.16. The molecule has 172 valence electrons. The van der Waals surface area contributed by atoms with Gasteiger partial charge in [-0.05, 0) is 5.56 Å². The van der Waals surface area contributed by atoms with Gasteiger partial charge >= 0.3 is 0 Å². The number of ether oxygens (including phenoxy) is 4. The summed E-state index contributed by atoms with van der Waals surface area (Å²) in [6, 6.07) is 10.4. The van der Waals surface area contributed by atoms with E-state index in [1.807, 2.05) is 30.3 Å². The first kappa shape index (κ1) is 22.3. The zero-order chi connectivity index (χ0) is 23.0. The van der Waals surface area contributed by atoms with Crippen LogP contribution in [-0.4, -0.2) is 75.7 Å². The molecule has 0 unspecified atom stereocenters. The fraction of sp³-hybridized carbons (Fsp3) is 0.409. The molecule has 0 radical (unpaired) electrons. The third-order valence-electron chi connectivity index (χ3n) is 5.57. The first-order valence-electron chi connectivity index (χ1n) is 10.0. The highest BCUT2D eigenvalue weighted by Crippen LogP contribution is 2.49. The highest BCUT2D eigenvalue weighted by molar-refractivity contribution is 6.03. The van der Waals surface area contributed by atoms with Crippen molar-refractivity contribution < 1.29 is 49.3 Å². The number of carbonyl (C=O) groups excluding carboxylic acids is 1. The topological polar surface area (TPSA) is 155 Å². The van der Waals surface area contributed by atoms with Crippen LogP contribution in [0.25, 0.3) is 0 Å². The molecule has 0 spiro atoms. The summed E-state index contributed by atoms with van der Waals surface area (Å²) in [7, 11) is 1.27. The normalized spacial score (nSPS) is 29.7. The number of Topliss-reactive ketones (excluding diaryl/α,β-unsaturated/α-hetero) is 1. The smallest absolute Gasteiger partial charge is 0.229 e. The molecule has 0 aliphatic carbocycles. The molecule has 0 aromatic heterocycles. The van der Waals surface area contributed by atoms with E-state index in [1.54, 1.807) is 0 Å². The molecule has 0 saturated carbocycles. The molecule has 6 atom stereocenters. The number of aromatic hydroxyl groups is 1. The van der Waals surface area contributed by atoms with E-state index < -0.39 is 49.2 Å². The minimum Gasteiger partial charge on any atom is -0.502 e. The van der Waals surface area contributed by atoms with E-state index in [-0.39, 0.29) is 35.0 Å². The van der Waals surface area contributed by atoms with E-state index in [4.69, 9.17) is 18.9 Å². The van der Waals surface area contributed by atoms with Gasteiger partial charge in [0, 0.05) is 6.07 Å². The Morgan fingerprint density at radius 1 is 1.09 bits per heavy atom. The highest BCUT2D eigenvalue weighted by Gasteiger charge is 2.45. The van der Waals surface area contributed by atoms with Crippen LogP contribution in [0.5, 0.6) is 23.0 Å². The van der Waals surface area contributed by atoms with Gasteiger partial charge in [-0.2, -0.15) is 0 Å². The van der Waals surface area contributed by atoms with Crippen molar-refractivity contribution in [3.05, 3.63) is 47.5 Å². The van der Waals surface area contributed by atoms with E-state index in [2.05, 4.69) is 0 Å². The summed E-state index contributed by atoms with van der Waals surface area (Å²) in [5.41, 5.74) is 0.841. The maximum atomic E-state index is 12.9. The van der Waals surface area contributed by atoms with Crippen molar-refractivity contribution in [3.63, 3.8) is 0 Å². The largest absolute Gasteiger partial charge is 0.502 e. The van der Waals surface area contributed by atoms with Gasteiger partial charge in [0.25, 0.3) is 0 Å². The number of aliphatic hydroxyl groups excluding tert-OH is 4. The average Bonchev–Trinajstić information content (AvgIpc) is 2.80. The van der Waals surface area contributed by atoms with E-state index in [1.165, 1.54) is 13.2 Å². The van der Waals surface area contributed by atoms with Gasteiger partial charge in [0.15, 0.2) is 17.3 Å². The van der Waals surface area contributed by atoms with Crippen molar-refractivity contribution in [2.75, 3.05) is 13.7 Å². The van der Waals surface area contributed by atoms with E-state index in [9.17, 15) is 30.3 Å². The summed E-state index contributed by atoms with van der Waals surface area (Å²) in [5, 5.41) is 50.1. The molecule has 1 saturated heterocycles. The second kappa shape index (κ2) is 8.93. The van der Waals surface area contributed by atoms with E-state index >= 15 is 0 Å². The number of phenolic OH excluding ortho intramolecular Hbond substituents is 1. The van der Waals surface area contributed by atoms with E-state index in [0.717, 1.165) is 5.56 Å². The maximum absolute atomic E-state index is 12.9. The Morgan fingerprint density at radius 2 is 1.81 bits per heavy atom. The Hall–Kier alpha value is -2.89. The van der Waals surface area contributed by atoms with Crippen molar-refractivity contribution in [2.45, 2.75) is 43.2 Å². The Balaban J connectivity index is 1.68. The number of benzene rings is 2. The molecule has 10 nitrogen and oxygen atoms in total. The van der Waals surface area contributed by atoms with Gasteiger partial charge in [0.1, 0.15) is 41.8 Å². The fourth-order valence-corrected chi connectivity index (χ4v) is 3.86. The average molecular weight is 448 g/mol. The Labute approximate surface area is 183 Å². The van der Waals surface area contributed by atoms with Crippen LogP contribution in [0.4, 0.5) is 0 Å². The molecular formula is C22H24O10. The fourth-order valence-electron chi connectivity index (χ4n) is 3.86. The maximum Gasteiger partial charge on any atom is 0.229 e. The SMILES string of the molecule is COc1c(O)c(O[C@@H]2O[C@@H](CO)[C@@H](O)[C@H](O)[C@H]2O)cc2c1C(=O)C[C@@H](c1ccccc1)O2. The van der Waals surface area contributed by atoms with Crippen molar-refractivity contribution >= 4 is 5.78 Å². The van der Waals surface area contributed by atoms with Gasteiger partial charge in [-0.1, -0.05) is 30.3 Å². The number of hydrogen-bond acceptors (Lipinski definition) is 10. The Morgan fingerprint density at radius 3 is 2.47 bits per heavy atom. The number of rotatable bonds is 5. The molecule has 1 fully saturated rings. The first-order chi connectivity index (χ1) is 15.3. The van der Waals surface area contributed by atoms with E-state index in [0.29, 0.717) is 0 Å². The van der Waals surface area contributed by atoms with Crippen LogP contribution in [0, 0.1) is 0 Å². The van der Waals surface area contributed by atoms with Gasteiger partial charge in [-0.15, -0.1) is 0 Å². The molecule has 2 aliphatic heterocycles. The quantitative estimate of drug-likeness (QED) is 0.431. The summed E-state index contributed by atoms with van der Waals surface area (Å²) in [5.74, 6) is -1.14. The molecule has 32 heavy (non-hydrogen) atoms. The molecule has 2 heterocycles. The van der Waals surface area contributed by atoms with Crippen LogP contribution in [0.15, 0.2) is 36.4 Å². The Kier molecular flexibility index (Phi) is 6.22. The number of methoxy groups -OCH3 is 1. The number of carbonyl (C=O) groups is 1. The molecular weight excluding hydrogens is 424 g/mol. The number of aliphatic hydroxyl groups is 4. The Bertz CT molecular complexity index is 976. The van der Waals surface area contributed by atoms with Gasteiger partial charge in [-0.25, -0.2) is 0 Å². The predicted molar refractivity (Wildman–Crippen MR) is 108 cm³/mol. The minimum absolute atomic E-state index is 0.0414. The standard InChI is InChI=1S/C22H24O10/c1-29-21-16-11(24)7-12(10-5-3-2-4-6-10)30-13(16)8-14(18(21)26)31-22-20(28)19(27)17(25)15(9-23)32-22/h2-6,8,12,15,17,19-20,22-23,25-28H,7,9H2,1H3/t12-,15-,17+,19-,20+,22+/m0/s1. The van der Waals surface area contributed by atoms with Gasteiger partial charge in [-0.3, -0.25) is 4.79 Å². The lowest BCUT2D eigenvalue weighted by atomic mass is 9.95. The third-order valence-corrected chi connectivity index (χ3v) is 5.57. The molecule has 0 bridgehead atoms. The van der Waals surface area contributed by atoms with Gasteiger partial charge in [0.2, 0.25) is 12.0 Å². The number of ketones is 1. The van der Waals surface area contributed by atoms with Crippen LogP contribution in [0.2, 0.25) is 0 Å². The highest BCUT2D eigenvalue weighted by atomic mass is 16.7. The number of phenols is 1. The second-order valence-electron chi connectivity index (χ2n) is 7.59. The van der Waals surface area contributed by atoms with Crippen LogP contribution in [0.3, 0.4) is 0 Å². The summed E-state index contributed by atoms with van der Waals surface area (Å²) in [6.45, 7) is -0.638. The molecule has 2 aliphatic rings. The van der Waals surface area contributed by atoms with Crippen LogP contribution in [-0.2, 0) is 4.74 Å². The molecule has 5 N–H and O–H groups in total. The van der Waals surface area contributed by atoms with Gasteiger partial charge < -0.3 is 44.5 Å². The van der Waals surface area contributed by atoms with Crippen molar-refractivity contribution in [1.29, 1.82) is 0 Å². The van der Waals surface area contributed by atoms with Crippen molar-refractivity contribution in [1.82, 2.24) is 0 Å².